The van der Waals surface area contributed by atoms with Crippen LogP contribution in [0.4, 0.5) is 10.3 Å². The summed E-state index contributed by atoms with van der Waals surface area (Å²) in [7, 11) is 0. The standard InChI is InChI=1S/C20H25FN4O/c1-13-3-4-15(11-17(13)21)19-16-5-7-22-8-6-18(16)23-20(24-19)25-9-10-26-12-14(25)2/h3-4,11,14,22H,5-10,12H2,1-2H3. The monoisotopic (exact) mass is 356 g/mol. The number of hydrogen-bond donors (Lipinski definition) is 1. The number of nitrogens with zero attached hydrogens (tertiary/aromatic N) is 3. The van der Waals surface area contributed by atoms with Crippen LogP contribution in [0.5, 0.6) is 0 Å². The van der Waals surface area contributed by atoms with E-state index in [1.807, 2.05) is 12.1 Å². The van der Waals surface area contributed by atoms with Crippen molar-refractivity contribution in [3.63, 3.8) is 0 Å². The number of aryl methyl sites for hydroxylation is 1. The fraction of sp³-hybridized carbons (Fsp3) is 0.500. The summed E-state index contributed by atoms with van der Waals surface area (Å²) in [6, 6.07) is 5.62. The minimum atomic E-state index is -0.192. The Morgan fingerprint density at radius 2 is 2.08 bits per heavy atom. The van der Waals surface area contributed by atoms with E-state index < -0.39 is 0 Å². The number of hydrogen-bond acceptors (Lipinski definition) is 5. The van der Waals surface area contributed by atoms with Gasteiger partial charge in [0.1, 0.15) is 5.82 Å². The van der Waals surface area contributed by atoms with Gasteiger partial charge in [0.15, 0.2) is 0 Å². The minimum absolute atomic E-state index is 0.192. The number of morpholine rings is 1. The Hall–Kier alpha value is -2.05. The molecule has 2 aliphatic rings. The average molecular weight is 356 g/mol. The first kappa shape index (κ1) is 17.4. The van der Waals surface area contributed by atoms with E-state index >= 15 is 0 Å². The zero-order chi connectivity index (χ0) is 18.1. The van der Waals surface area contributed by atoms with Crippen LogP contribution in [0, 0.1) is 12.7 Å². The number of ether oxygens (including phenoxy) is 1. The van der Waals surface area contributed by atoms with Gasteiger partial charge in [-0.3, -0.25) is 0 Å². The van der Waals surface area contributed by atoms with Crippen LogP contribution < -0.4 is 10.2 Å². The average Bonchev–Trinajstić information content (AvgIpc) is 2.89. The summed E-state index contributed by atoms with van der Waals surface area (Å²) in [6.07, 6.45) is 1.73. The van der Waals surface area contributed by atoms with Crippen LogP contribution in [0.15, 0.2) is 18.2 Å². The predicted molar refractivity (Wildman–Crippen MR) is 100 cm³/mol. The maximum atomic E-state index is 14.2. The summed E-state index contributed by atoms with van der Waals surface area (Å²) in [5, 5.41) is 3.43. The number of aromatic nitrogens is 2. The first-order valence-electron chi connectivity index (χ1n) is 9.35. The van der Waals surface area contributed by atoms with Crippen molar-refractivity contribution >= 4 is 5.95 Å². The molecule has 0 bridgehead atoms. The van der Waals surface area contributed by atoms with E-state index in [0.717, 1.165) is 60.9 Å². The maximum absolute atomic E-state index is 14.2. The molecule has 6 heteroatoms. The highest BCUT2D eigenvalue weighted by Gasteiger charge is 2.25. The lowest BCUT2D eigenvalue weighted by Crippen LogP contribution is -2.44. The molecule has 0 radical (unpaired) electrons. The van der Waals surface area contributed by atoms with E-state index in [4.69, 9.17) is 14.7 Å². The van der Waals surface area contributed by atoms with Crippen molar-refractivity contribution in [2.45, 2.75) is 32.7 Å². The molecular formula is C20H25FN4O. The van der Waals surface area contributed by atoms with E-state index in [0.29, 0.717) is 18.8 Å². The summed E-state index contributed by atoms with van der Waals surface area (Å²) in [4.78, 5) is 12.0. The van der Waals surface area contributed by atoms with Gasteiger partial charge in [0.05, 0.1) is 30.6 Å². The van der Waals surface area contributed by atoms with E-state index in [1.165, 1.54) is 0 Å². The molecule has 1 fully saturated rings. The van der Waals surface area contributed by atoms with Gasteiger partial charge in [0.2, 0.25) is 5.95 Å². The summed E-state index contributed by atoms with van der Waals surface area (Å²) in [6.45, 7) is 7.84. The molecule has 138 valence electrons. The van der Waals surface area contributed by atoms with Crippen LogP contribution in [0.3, 0.4) is 0 Å². The van der Waals surface area contributed by atoms with Crippen LogP contribution in [-0.4, -0.2) is 48.9 Å². The SMILES string of the molecule is Cc1ccc(-c2nc(N3CCOCC3C)nc3c2CCNCC3)cc1F. The summed E-state index contributed by atoms with van der Waals surface area (Å²) in [5.41, 5.74) is 4.57. The molecule has 4 rings (SSSR count). The summed E-state index contributed by atoms with van der Waals surface area (Å²) < 4.78 is 19.8. The van der Waals surface area contributed by atoms with E-state index in [-0.39, 0.29) is 11.9 Å². The van der Waals surface area contributed by atoms with Gasteiger partial charge in [0.25, 0.3) is 0 Å². The van der Waals surface area contributed by atoms with Crippen molar-refractivity contribution < 1.29 is 9.13 Å². The quantitative estimate of drug-likeness (QED) is 0.896. The molecule has 2 aliphatic heterocycles. The van der Waals surface area contributed by atoms with E-state index in [2.05, 4.69) is 17.1 Å². The van der Waals surface area contributed by atoms with Gasteiger partial charge < -0.3 is 15.0 Å². The lowest BCUT2D eigenvalue weighted by atomic mass is 10.00. The molecule has 0 spiro atoms. The topological polar surface area (TPSA) is 50.3 Å². The van der Waals surface area contributed by atoms with Crippen LogP contribution in [0.2, 0.25) is 0 Å². The highest BCUT2D eigenvalue weighted by atomic mass is 19.1. The number of fused-ring (bicyclic) bond motifs is 1. The maximum Gasteiger partial charge on any atom is 0.226 e. The Labute approximate surface area is 153 Å². The number of anilines is 1. The third kappa shape index (κ3) is 3.31. The number of rotatable bonds is 2. The second kappa shape index (κ2) is 7.29. The molecule has 1 aromatic carbocycles. The van der Waals surface area contributed by atoms with E-state index in [1.54, 1.807) is 13.0 Å². The van der Waals surface area contributed by atoms with Crippen LogP contribution in [0.25, 0.3) is 11.3 Å². The van der Waals surface area contributed by atoms with Gasteiger partial charge in [0, 0.05) is 30.6 Å². The van der Waals surface area contributed by atoms with Gasteiger partial charge in [-0.2, -0.15) is 0 Å². The van der Waals surface area contributed by atoms with Crippen LogP contribution in [0.1, 0.15) is 23.7 Å². The molecule has 1 N–H and O–H groups in total. The smallest absolute Gasteiger partial charge is 0.226 e. The number of benzene rings is 1. The van der Waals surface area contributed by atoms with Gasteiger partial charge >= 0.3 is 0 Å². The van der Waals surface area contributed by atoms with Crippen LogP contribution in [-0.2, 0) is 17.6 Å². The van der Waals surface area contributed by atoms with Gasteiger partial charge in [-0.1, -0.05) is 12.1 Å². The molecule has 1 aromatic heterocycles. The molecule has 2 aromatic rings. The van der Waals surface area contributed by atoms with Gasteiger partial charge in [-0.05, 0) is 38.4 Å². The third-order valence-electron chi connectivity index (χ3n) is 5.24. The fourth-order valence-corrected chi connectivity index (χ4v) is 3.66. The Kier molecular flexibility index (Phi) is 4.87. The highest BCUT2D eigenvalue weighted by Crippen LogP contribution is 2.30. The van der Waals surface area contributed by atoms with Gasteiger partial charge in [-0.15, -0.1) is 0 Å². The molecule has 5 nitrogen and oxygen atoms in total. The van der Waals surface area contributed by atoms with Crippen molar-refractivity contribution in [2.24, 2.45) is 0 Å². The largest absolute Gasteiger partial charge is 0.377 e. The zero-order valence-electron chi connectivity index (χ0n) is 15.4. The second-order valence-electron chi connectivity index (χ2n) is 7.13. The molecule has 1 saturated heterocycles. The van der Waals surface area contributed by atoms with Crippen molar-refractivity contribution in [1.82, 2.24) is 15.3 Å². The van der Waals surface area contributed by atoms with Crippen LogP contribution >= 0.6 is 0 Å². The van der Waals surface area contributed by atoms with Gasteiger partial charge in [-0.25, -0.2) is 14.4 Å². The molecule has 0 saturated carbocycles. The molecule has 1 atom stereocenters. The van der Waals surface area contributed by atoms with Crippen molar-refractivity contribution in [3.05, 3.63) is 40.8 Å². The van der Waals surface area contributed by atoms with Crippen molar-refractivity contribution in [2.75, 3.05) is 37.7 Å². The van der Waals surface area contributed by atoms with Crippen molar-refractivity contribution in [1.29, 1.82) is 0 Å². The zero-order valence-corrected chi connectivity index (χ0v) is 15.4. The van der Waals surface area contributed by atoms with E-state index in [9.17, 15) is 4.39 Å². The lowest BCUT2D eigenvalue weighted by Gasteiger charge is -2.34. The lowest BCUT2D eigenvalue weighted by molar-refractivity contribution is 0.0980. The Bertz CT molecular complexity index is 811. The second-order valence-corrected chi connectivity index (χ2v) is 7.13. The molecular weight excluding hydrogens is 331 g/mol. The number of halogens is 1. The third-order valence-corrected chi connectivity index (χ3v) is 5.24. The first-order valence-corrected chi connectivity index (χ1v) is 9.35. The number of nitrogens with one attached hydrogen (secondary N) is 1. The minimum Gasteiger partial charge on any atom is -0.377 e. The first-order chi connectivity index (χ1) is 12.6. The Balaban J connectivity index is 1.84. The summed E-state index contributed by atoms with van der Waals surface area (Å²) >= 11 is 0. The molecule has 0 aliphatic carbocycles. The highest BCUT2D eigenvalue weighted by molar-refractivity contribution is 5.66. The molecule has 3 heterocycles. The Morgan fingerprint density at radius 3 is 2.88 bits per heavy atom. The predicted octanol–water partition coefficient (Wildman–Crippen LogP) is 2.50. The molecule has 26 heavy (non-hydrogen) atoms. The summed E-state index contributed by atoms with van der Waals surface area (Å²) in [5.74, 6) is 0.542. The Morgan fingerprint density at radius 1 is 1.23 bits per heavy atom. The van der Waals surface area contributed by atoms with Crippen molar-refractivity contribution in [3.8, 4) is 11.3 Å². The normalized spacial score (nSPS) is 20.6. The fourth-order valence-electron chi connectivity index (χ4n) is 3.66. The molecule has 1 unspecified atom stereocenters. The molecule has 0 amide bonds.